The van der Waals surface area contributed by atoms with Gasteiger partial charge in [-0.25, -0.2) is 5.06 Å². The van der Waals surface area contributed by atoms with Gasteiger partial charge < -0.3 is 19.3 Å². The van der Waals surface area contributed by atoms with Crippen molar-refractivity contribution in [1.29, 1.82) is 0 Å². The fraction of sp³-hybridized carbons (Fsp3) is 0.417. The van der Waals surface area contributed by atoms with Crippen molar-refractivity contribution in [2.24, 2.45) is 0 Å². The molecule has 1 aliphatic rings. The largest absolute Gasteiger partial charge is 0.454 e. The number of hydrogen-bond acceptors (Lipinski definition) is 5. The van der Waals surface area contributed by atoms with Crippen LogP contribution >= 0.6 is 7.60 Å². The molecule has 1 atom stereocenters. The van der Waals surface area contributed by atoms with Gasteiger partial charge in [-0.15, -0.1) is 0 Å². The Morgan fingerprint density at radius 3 is 2.67 bits per heavy atom. The first-order valence-electron chi connectivity index (χ1n) is 6.21. The quantitative estimate of drug-likeness (QED) is 0.425. The van der Waals surface area contributed by atoms with Crippen LogP contribution in [0, 0.1) is 0 Å². The zero-order valence-corrected chi connectivity index (χ0v) is 12.2. The fourth-order valence-electron chi connectivity index (χ4n) is 2.05. The van der Waals surface area contributed by atoms with E-state index in [0.717, 1.165) is 6.92 Å². The third-order valence-corrected chi connectivity index (χ3v) is 4.53. The summed E-state index contributed by atoms with van der Waals surface area (Å²) in [7, 11) is -4.45. The van der Waals surface area contributed by atoms with Crippen molar-refractivity contribution in [1.82, 2.24) is 5.06 Å². The van der Waals surface area contributed by atoms with Crippen LogP contribution in [0.1, 0.15) is 24.6 Å². The van der Waals surface area contributed by atoms with Gasteiger partial charge in [0, 0.05) is 13.5 Å². The van der Waals surface area contributed by atoms with Crippen molar-refractivity contribution in [3.05, 3.63) is 23.8 Å². The minimum Gasteiger partial charge on any atom is -0.454 e. The van der Waals surface area contributed by atoms with Gasteiger partial charge >= 0.3 is 7.60 Å². The van der Waals surface area contributed by atoms with E-state index in [1.54, 1.807) is 6.07 Å². The molecule has 9 heteroatoms. The molecule has 0 saturated heterocycles. The van der Waals surface area contributed by atoms with Crippen molar-refractivity contribution in [3.8, 4) is 11.5 Å². The van der Waals surface area contributed by atoms with Gasteiger partial charge in [0.05, 0.1) is 5.66 Å². The minimum atomic E-state index is -4.45. The molecule has 0 aliphatic carbocycles. The van der Waals surface area contributed by atoms with Crippen LogP contribution in [-0.4, -0.2) is 39.3 Å². The van der Waals surface area contributed by atoms with Gasteiger partial charge in [-0.05, 0) is 24.1 Å². The van der Waals surface area contributed by atoms with E-state index < -0.39 is 19.2 Å². The molecule has 0 fully saturated rings. The van der Waals surface area contributed by atoms with E-state index in [1.165, 1.54) is 12.1 Å². The lowest BCUT2D eigenvalue weighted by Gasteiger charge is -2.21. The molecule has 1 unspecified atom stereocenters. The standard InChI is InChI=1S/C12H16NO7P/c1-8(14)13(15)5-4-12(21(16,17)18)9-2-3-10-11(6-9)20-7-19-10/h2-3,6,12,15H,4-5,7H2,1H3,(H2,16,17,18). The maximum absolute atomic E-state index is 11.7. The highest BCUT2D eigenvalue weighted by molar-refractivity contribution is 7.52. The van der Waals surface area contributed by atoms with E-state index in [0.29, 0.717) is 22.1 Å². The molecule has 1 aliphatic heterocycles. The lowest BCUT2D eigenvalue weighted by Crippen LogP contribution is -2.26. The van der Waals surface area contributed by atoms with Crippen LogP contribution in [0.15, 0.2) is 18.2 Å². The second kappa shape index (κ2) is 6.03. The summed E-state index contributed by atoms with van der Waals surface area (Å²) >= 11 is 0. The maximum Gasteiger partial charge on any atom is 0.333 e. The molecule has 0 radical (unpaired) electrons. The lowest BCUT2D eigenvalue weighted by atomic mass is 10.1. The average Bonchev–Trinajstić information content (AvgIpc) is 2.84. The third kappa shape index (κ3) is 3.74. The molecule has 8 nitrogen and oxygen atoms in total. The minimum absolute atomic E-state index is 0.0636. The molecule has 3 N–H and O–H groups in total. The zero-order chi connectivity index (χ0) is 15.6. The van der Waals surface area contributed by atoms with Gasteiger partial charge in [0.2, 0.25) is 12.7 Å². The van der Waals surface area contributed by atoms with Crippen molar-refractivity contribution < 1.29 is 33.8 Å². The molecule has 0 spiro atoms. The molecule has 21 heavy (non-hydrogen) atoms. The molecule has 1 aromatic rings. The summed E-state index contributed by atoms with van der Waals surface area (Å²) in [6.07, 6.45) is -0.0833. The number of rotatable bonds is 5. The number of fused-ring (bicyclic) bond motifs is 1. The molecule has 0 saturated carbocycles. The van der Waals surface area contributed by atoms with E-state index in [1.807, 2.05) is 0 Å². The Balaban J connectivity index is 2.20. The first-order chi connectivity index (χ1) is 9.79. The Morgan fingerprint density at radius 1 is 1.38 bits per heavy atom. The van der Waals surface area contributed by atoms with Crippen molar-refractivity contribution >= 4 is 13.5 Å². The normalized spacial score (nSPS) is 14.9. The predicted octanol–water partition coefficient (Wildman–Crippen LogP) is 1.26. The summed E-state index contributed by atoms with van der Waals surface area (Å²) in [4.78, 5) is 29.9. The van der Waals surface area contributed by atoms with Gasteiger partial charge in [0.15, 0.2) is 11.5 Å². The lowest BCUT2D eigenvalue weighted by molar-refractivity contribution is -0.162. The SMILES string of the molecule is CC(=O)N(O)CCC(c1ccc2c(c1)OCO2)P(=O)(O)O. The molecule has 1 heterocycles. The van der Waals surface area contributed by atoms with Crippen molar-refractivity contribution in [3.63, 3.8) is 0 Å². The molecule has 0 aromatic heterocycles. The highest BCUT2D eigenvalue weighted by Crippen LogP contribution is 2.54. The molecular weight excluding hydrogens is 301 g/mol. The number of hydrogen-bond donors (Lipinski definition) is 3. The Labute approximate surface area is 121 Å². The average molecular weight is 317 g/mol. The van der Waals surface area contributed by atoms with E-state index in [-0.39, 0.29) is 19.8 Å². The Hall–Kier alpha value is -1.60. The summed E-state index contributed by atoms with van der Waals surface area (Å²) < 4.78 is 22.0. The number of nitrogens with zero attached hydrogens (tertiary/aromatic N) is 1. The smallest absolute Gasteiger partial charge is 0.333 e. The van der Waals surface area contributed by atoms with E-state index in [4.69, 9.17) is 9.47 Å². The zero-order valence-electron chi connectivity index (χ0n) is 11.3. The first-order valence-corrected chi connectivity index (χ1v) is 7.89. The fourth-order valence-corrected chi connectivity index (χ4v) is 3.05. The van der Waals surface area contributed by atoms with Gasteiger partial charge in [-0.2, -0.15) is 0 Å². The Bertz CT molecular complexity index is 585. The number of carbonyl (C=O) groups is 1. The monoisotopic (exact) mass is 317 g/mol. The predicted molar refractivity (Wildman–Crippen MR) is 71.1 cm³/mol. The van der Waals surface area contributed by atoms with Crippen LogP contribution in [0.2, 0.25) is 0 Å². The van der Waals surface area contributed by atoms with Crippen LogP contribution in [0.3, 0.4) is 0 Å². The number of benzene rings is 1. The van der Waals surface area contributed by atoms with Crippen molar-refractivity contribution in [2.75, 3.05) is 13.3 Å². The number of amides is 1. The van der Waals surface area contributed by atoms with Gasteiger partial charge in [0.1, 0.15) is 0 Å². The van der Waals surface area contributed by atoms with Crippen LogP contribution in [0.25, 0.3) is 0 Å². The Morgan fingerprint density at radius 2 is 2.05 bits per heavy atom. The highest BCUT2D eigenvalue weighted by atomic mass is 31.2. The second-order valence-electron chi connectivity index (χ2n) is 4.65. The van der Waals surface area contributed by atoms with Crippen LogP contribution in [-0.2, 0) is 9.36 Å². The highest BCUT2D eigenvalue weighted by Gasteiger charge is 2.32. The van der Waals surface area contributed by atoms with E-state index >= 15 is 0 Å². The molecule has 2 rings (SSSR count). The van der Waals surface area contributed by atoms with Gasteiger partial charge in [-0.3, -0.25) is 14.6 Å². The summed E-state index contributed by atoms with van der Waals surface area (Å²) in [6.45, 7) is 1.04. The topological polar surface area (TPSA) is 117 Å². The summed E-state index contributed by atoms with van der Waals surface area (Å²) in [6, 6.07) is 4.61. The molecule has 0 bridgehead atoms. The van der Waals surface area contributed by atoms with Crippen LogP contribution in [0.4, 0.5) is 0 Å². The summed E-state index contributed by atoms with van der Waals surface area (Å²) in [5.41, 5.74) is -0.773. The van der Waals surface area contributed by atoms with Crippen molar-refractivity contribution in [2.45, 2.75) is 19.0 Å². The van der Waals surface area contributed by atoms with E-state index in [2.05, 4.69) is 0 Å². The first kappa shape index (κ1) is 15.8. The van der Waals surface area contributed by atoms with Gasteiger partial charge in [-0.1, -0.05) is 6.07 Å². The molecule has 1 amide bonds. The second-order valence-corrected chi connectivity index (χ2v) is 6.45. The van der Waals surface area contributed by atoms with E-state index in [9.17, 15) is 24.4 Å². The summed E-state index contributed by atoms with van der Waals surface area (Å²) in [5, 5.41) is 9.76. The Kier molecular flexibility index (Phi) is 4.53. The number of hydroxylamine groups is 2. The van der Waals surface area contributed by atoms with Crippen LogP contribution in [0.5, 0.6) is 11.5 Å². The third-order valence-electron chi connectivity index (χ3n) is 3.17. The summed E-state index contributed by atoms with van der Waals surface area (Å²) in [5.74, 6) is 0.333. The maximum atomic E-state index is 11.7. The van der Waals surface area contributed by atoms with Crippen LogP contribution < -0.4 is 9.47 Å². The molecule has 1 aromatic carbocycles. The number of ether oxygens (including phenoxy) is 2. The number of carbonyl (C=O) groups excluding carboxylic acids is 1. The van der Waals surface area contributed by atoms with Gasteiger partial charge in [0.25, 0.3) is 0 Å². The molecular formula is C12H16NO7P. The molecule has 116 valence electrons.